The van der Waals surface area contributed by atoms with E-state index < -0.39 is 41.9 Å². The fourth-order valence-electron chi connectivity index (χ4n) is 6.33. The molecule has 14 nitrogen and oxygen atoms in total. The van der Waals surface area contributed by atoms with Crippen LogP contribution < -0.4 is 5.32 Å². The van der Waals surface area contributed by atoms with Crippen LogP contribution in [0.2, 0.25) is 10.0 Å². The van der Waals surface area contributed by atoms with E-state index in [1.165, 1.54) is 19.1 Å². The van der Waals surface area contributed by atoms with E-state index in [0.29, 0.717) is 49.2 Å². The Morgan fingerprint density at radius 3 is 1.73 bits per heavy atom. The smallest absolute Gasteiger partial charge is 0.411 e. The van der Waals surface area contributed by atoms with Gasteiger partial charge in [-0.1, -0.05) is 47.5 Å². The maximum absolute atomic E-state index is 12.6. The van der Waals surface area contributed by atoms with E-state index in [0.717, 1.165) is 22.3 Å². The fraction of sp³-hybridized carbons (Fsp3) is 0.514. The van der Waals surface area contributed by atoms with Crippen molar-refractivity contribution in [3.63, 3.8) is 0 Å². The molecule has 4 aliphatic rings. The van der Waals surface area contributed by atoms with Crippen LogP contribution in [0, 0.1) is 0 Å². The molecule has 0 bridgehead atoms. The molecule has 0 aromatic heterocycles. The summed E-state index contributed by atoms with van der Waals surface area (Å²) in [5.41, 5.74) is 3.18. The van der Waals surface area contributed by atoms with Gasteiger partial charge in [0.1, 0.15) is 29.9 Å². The molecular weight excluding hydrogens is 743 g/mol. The molecule has 4 aliphatic heterocycles. The molecule has 3 amide bonds. The van der Waals surface area contributed by atoms with Crippen LogP contribution in [0.1, 0.15) is 55.9 Å². The number of nitrogens with one attached hydrogen (secondary N) is 1. The van der Waals surface area contributed by atoms with Crippen LogP contribution >= 0.6 is 35.6 Å². The average Bonchev–Trinajstić information content (AvgIpc) is 3.89. The third-order valence-electron chi connectivity index (χ3n) is 8.84. The number of fused-ring (bicyclic) bond motifs is 2. The summed E-state index contributed by atoms with van der Waals surface area (Å²) in [5.74, 6) is -0.909. The first-order chi connectivity index (χ1) is 24.2. The molecule has 0 radical (unpaired) electrons. The molecule has 4 heterocycles. The quantitative estimate of drug-likeness (QED) is 0.311. The molecule has 52 heavy (non-hydrogen) atoms. The third kappa shape index (κ3) is 9.71. The van der Waals surface area contributed by atoms with Crippen molar-refractivity contribution in [3.05, 3.63) is 68.7 Å². The predicted octanol–water partition coefficient (Wildman–Crippen LogP) is 5.46. The van der Waals surface area contributed by atoms with Crippen LogP contribution in [0.5, 0.6) is 0 Å². The van der Waals surface area contributed by atoms with Crippen molar-refractivity contribution in [2.24, 2.45) is 0 Å². The van der Waals surface area contributed by atoms with Crippen molar-refractivity contribution >= 4 is 65.8 Å². The van der Waals surface area contributed by atoms with Gasteiger partial charge in [0.05, 0.1) is 33.9 Å². The molecule has 1 N–H and O–H groups in total. The van der Waals surface area contributed by atoms with Crippen molar-refractivity contribution in [2.75, 3.05) is 27.3 Å². The number of halogens is 3. The maximum atomic E-state index is 12.6. The van der Waals surface area contributed by atoms with Crippen molar-refractivity contribution in [1.82, 2.24) is 20.0 Å². The number of ether oxygens (including phenoxy) is 5. The number of likely N-dealkylation sites (tertiary alicyclic amines) is 1. The largest absolute Gasteiger partial charge is 0.468 e. The minimum atomic E-state index is -0.863. The van der Waals surface area contributed by atoms with E-state index in [2.05, 4.69) is 10.1 Å². The SMILES string of the molecule is COC(=O)[C@@H]1C[C@@H](OC(=O)N2Cc3cccc(Cl)c3C2)CN1.COC(=O)[C@@H]1C[C@@H](OC(=O)N2Cc3cccc(Cl)c3C2)CN1C(=O)OC(C)(C)C.Cl. The van der Waals surface area contributed by atoms with Gasteiger partial charge in [-0.15, -0.1) is 12.4 Å². The van der Waals surface area contributed by atoms with Crippen molar-refractivity contribution in [1.29, 1.82) is 0 Å². The molecule has 2 aromatic rings. The Bertz CT molecular complexity index is 1670. The number of carbonyl (C=O) groups excluding carboxylic acids is 5. The van der Waals surface area contributed by atoms with Gasteiger partial charge in [0.25, 0.3) is 0 Å². The number of esters is 2. The Balaban J connectivity index is 0.000000236. The summed E-state index contributed by atoms with van der Waals surface area (Å²) in [7, 11) is 2.59. The molecule has 284 valence electrons. The fourth-order valence-corrected chi connectivity index (χ4v) is 6.84. The summed E-state index contributed by atoms with van der Waals surface area (Å²) in [6.07, 6.45) is -1.93. The number of hydrogen-bond acceptors (Lipinski definition) is 11. The van der Waals surface area contributed by atoms with Gasteiger partial charge in [0.15, 0.2) is 0 Å². The van der Waals surface area contributed by atoms with Gasteiger partial charge in [-0.2, -0.15) is 0 Å². The number of nitrogens with zero attached hydrogens (tertiary/aromatic N) is 3. The highest BCUT2D eigenvalue weighted by Gasteiger charge is 2.44. The van der Waals surface area contributed by atoms with Gasteiger partial charge in [0.2, 0.25) is 0 Å². The lowest BCUT2D eigenvalue weighted by molar-refractivity contribution is -0.145. The normalized spacial score (nSPS) is 21.6. The number of benzene rings is 2. The van der Waals surface area contributed by atoms with E-state index in [9.17, 15) is 24.0 Å². The van der Waals surface area contributed by atoms with Crippen molar-refractivity contribution < 1.29 is 47.7 Å². The second-order valence-corrected chi connectivity index (χ2v) is 14.4. The van der Waals surface area contributed by atoms with Gasteiger partial charge < -0.3 is 29.0 Å². The highest BCUT2D eigenvalue weighted by atomic mass is 35.5. The minimum Gasteiger partial charge on any atom is -0.468 e. The van der Waals surface area contributed by atoms with Crippen molar-refractivity contribution in [3.8, 4) is 0 Å². The van der Waals surface area contributed by atoms with E-state index >= 15 is 0 Å². The predicted molar refractivity (Wildman–Crippen MR) is 191 cm³/mol. The lowest BCUT2D eigenvalue weighted by Crippen LogP contribution is -2.44. The summed E-state index contributed by atoms with van der Waals surface area (Å²) >= 11 is 12.3. The van der Waals surface area contributed by atoms with Gasteiger partial charge >= 0.3 is 30.2 Å². The minimum absolute atomic E-state index is 0. The second-order valence-electron chi connectivity index (χ2n) is 13.6. The van der Waals surface area contributed by atoms with Gasteiger partial charge in [0, 0.05) is 42.5 Å². The first-order valence-electron chi connectivity index (χ1n) is 16.5. The lowest BCUT2D eigenvalue weighted by Gasteiger charge is -2.27. The Kier molecular flexibility index (Phi) is 13.5. The first-order valence-corrected chi connectivity index (χ1v) is 17.2. The molecule has 2 saturated heterocycles. The molecule has 2 aromatic carbocycles. The van der Waals surface area contributed by atoms with E-state index in [-0.39, 0.29) is 43.5 Å². The Morgan fingerprint density at radius 1 is 0.731 bits per heavy atom. The van der Waals surface area contributed by atoms with Crippen molar-refractivity contribution in [2.45, 2.75) is 89.7 Å². The molecule has 6 rings (SSSR count). The number of carbonyl (C=O) groups is 5. The molecular formula is C35H43Cl3N4O10. The number of amides is 3. The molecule has 0 unspecified atom stereocenters. The zero-order valence-corrected chi connectivity index (χ0v) is 31.8. The Morgan fingerprint density at radius 2 is 1.25 bits per heavy atom. The second kappa shape index (κ2) is 17.2. The number of methoxy groups -OCH3 is 2. The summed E-state index contributed by atoms with van der Waals surface area (Å²) in [5, 5.41) is 4.27. The number of hydrogen-bond donors (Lipinski definition) is 1. The van der Waals surface area contributed by atoms with Crippen LogP contribution in [0.15, 0.2) is 36.4 Å². The molecule has 17 heteroatoms. The zero-order valence-electron chi connectivity index (χ0n) is 29.5. The monoisotopic (exact) mass is 784 g/mol. The highest BCUT2D eigenvalue weighted by molar-refractivity contribution is 6.31. The van der Waals surface area contributed by atoms with Crippen LogP contribution in [0.25, 0.3) is 0 Å². The first kappa shape index (κ1) is 40.8. The Labute approximate surface area is 318 Å². The van der Waals surface area contributed by atoms with Crippen LogP contribution in [-0.4, -0.2) is 102 Å². The third-order valence-corrected chi connectivity index (χ3v) is 9.55. The maximum Gasteiger partial charge on any atom is 0.411 e. The van der Waals surface area contributed by atoms with E-state index in [1.54, 1.807) is 36.6 Å². The number of rotatable bonds is 4. The molecule has 0 aliphatic carbocycles. The molecule has 2 fully saturated rings. The lowest BCUT2D eigenvalue weighted by atomic mass is 10.1. The summed E-state index contributed by atoms with van der Waals surface area (Å²) < 4.78 is 25.9. The molecule has 4 atom stereocenters. The highest BCUT2D eigenvalue weighted by Crippen LogP contribution is 2.32. The summed E-state index contributed by atoms with van der Waals surface area (Å²) in [6.45, 7) is 7.43. The topological polar surface area (TPSA) is 153 Å². The molecule has 0 spiro atoms. The average molecular weight is 786 g/mol. The molecule has 0 saturated carbocycles. The van der Waals surface area contributed by atoms with E-state index in [4.69, 9.17) is 42.1 Å². The zero-order chi connectivity index (χ0) is 37.0. The van der Waals surface area contributed by atoms with Crippen LogP contribution in [-0.2, 0) is 59.5 Å². The van der Waals surface area contributed by atoms with E-state index in [1.807, 2.05) is 30.3 Å². The Hall–Kier alpha value is -3.98. The van der Waals surface area contributed by atoms with Crippen LogP contribution in [0.4, 0.5) is 14.4 Å². The van der Waals surface area contributed by atoms with Gasteiger partial charge in [-0.05, 0) is 55.2 Å². The van der Waals surface area contributed by atoms with Crippen LogP contribution in [0.3, 0.4) is 0 Å². The standard InChI is InChI=1S/C20H25ClN2O6.C15H17ClN2O4.ClH/c1-20(2,3)29-19(26)23-10-13(8-16(23)17(24)27-4)28-18(25)22-9-12-6-5-7-15(21)14(12)11-22;1-21-14(19)13-5-10(6-17-13)22-15(20)18-7-9-3-2-4-12(16)11(9)8-18;/h5-7,13,16H,8-11H2,1-4H3;2-4,10,13,17H,5-8H2,1H3;1H/t13-,16+;10-,13+;/m11./s1. The van der Waals surface area contributed by atoms with Gasteiger partial charge in [-0.25, -0.2) is 19.2 Å². The summed E-state index contributed by atoms with van der Waals surface area (Å²) in [4.78, 5) is 65.4. The van der Waals surface area contributed by atoms with Gasteiger partial charge in [-0.3, -0.25) is 19.5 Å². The summed E-state index contributed by atoms with van der Waals surface area (Å²) in [6, 6.07) is 9.92.